The van der Waals surface area contributed by atoms with Gasteiger partial charge in [0, 0.05) is 66.0 Å². The number of halogens is 1. The molecular formula is C35H27FN6O2. The van der Waals surface area contributed by atoms with Crippen LogP contribution in [-0.2, 0) is 6.54 Å². The Morgan fingerprint density at radius 3 is 2.39 bits per heavy atom. The summed E-state index contributed by atoms with van der Waals surface area (Å²) in [6, 6.07) is 25.4. The molecule has 0 atom stereocenters. The van der Waals surface area contributed by atoms with Crippen LogP contribution >= 0.6 is 0 Å². The molecule has 5 aromatic heterocycles. The van der Waals surface area contributed by atoms with E-state index in [1.165, 1.54) is 19.1 Å². The molecule has 0 bridgehead atoms. The van der Waals surface area contributed by atoms with Crippen LogP contribution in [0.5, 0.6) is 0 Å². The highest BCUT2D eigenvalue weighted by atomic mass is 19.1. The average molecular weight is 583 g/mol. The zero-order valence-electron chi connectivity index (χ0n) is 23.9. The summed E-state index contributed by atoms with van der Waals surface area (Å²) >= 11 is 0. The molecule has 216 valence electrons. The van der Waals surface area contributed by atoms with E-state index in [9.17, 15) is 14.0 Å². The fourth-order valence-corrected chi connectivity index (χ4v) is 5.88. The fourth-order valence-electron chi connectivity index (χ4n) is 5.88. The van der Waals surface area contributed by atoms with Gasteiger partial charge in [0.2, 0.25) is 0 Å². The molecule has 5 heterocycles. The topological polar surface area (TPSA) is 94.2 Å². The number of hydrogen-bond donors (Lipinski definition) is 1. The third-order valence-corrected chi connectivity index (χ3v) is 7.83. The molecule has 0 saturated heterocycles. The first-order valence-electron chi connectivity index (χ1n) is 14.3. The summed E-state index contributed by atoms with van der Waals surface area (Å²) in [7, 11) is 0. The lowest BCUT2D eigenvalue weighted by Crippen LogP contribution is -2.27. The first-order chi connectivity index (χ1) is 21.5. The fraction of sp³-hybridized carbons (Fsp3) is 0.114. The number of para-hydroxylation sites is 1. The van der Waals surface area contributed by atoms with E-state index >= 15 is 0 Å². The molecule has 1 amide bonds. The molecule has 0 aliphatic heterocycles. The summed E-state index contributed by atoms with van der Waals surface area (Å²) in [6.07, 6.45) is 5.71. The van der Waals surface area contributed by atoms with Gasteiger partial charge in [-0.1, -0.05) is 24.3 Å². The summed E-state index contributed by atoms with van der Waals surface area (Å²) < 4.78 is 17.5. The van der Waals surface area contributed by atoms with Crippen molar-refractivity contribution in [3.05, 3.63) is 121 Å². The van der Waals surface area contributed by atoms with Crippen molar-refractivity contribution in [1.82, 2.24) is 29.5 Å². The maximum absolute atomic E-state index is 13.7. The number of carbonyl (C=O) groups excluding carboxylic acids is 2. The van der Waals surface area contributed by atoms with Crippen molar-refractivity contribution in [3.8, 4) is 22.4 Å². The van der Waals surface area contributed by atoms with Crippen molar-refractivity contribution in [3.63, 3.8) is 0 Å². The minimum atomic E-state index is -0.335. The number of nitrogens with one attached hydrogen (secondary N) is 1. The first-order valence-corrected chi connectivity index (χ1v) is 14.3. The highest BCUT2D eigenvalue weighted by Gasteiger charge is 2.21. The number of Topliss-reactive ketones (excluding diaryl/α,β-unsaturated/α-hetero) is 1. The number of pyridine rings is 3. The maximum Gasteiger partial charge on any atom is 0.269 e. The van der Waals surface area contributed by atoms with E-state index in [0.717, 1.165) is 44.0 Å². The molecule has 9 heteroatoms. The van der Waals surface area contributed by atoms with Gasteiger partial charge in [-0.2, -0.15) is 5.10 Å². The van der Waals surface area contributed by atoms with E-state index in [1.807, 2.05) is 54.6 Å². The van der Waals surface area contributed by atoms with Crippen molar-refractivity contribution < 1.29 is 14.0 Å². The monoisotopic (exact) mass is 582 g/mol. The Hall–Kier alpha value is -5.70. The molecule has 0 radical (unpaired) electrons. The number of hydrogen-bond acceptors (Lipinski definition) is 5. The highest BCUT2D eigenvalue weighted by molar-refractivity contribution is 6.14. The van der Waals surface area contributed by atoms with Crippen LogP contribution in [0.3, 0.4) is 0 Å². The molecule has 2 aromatic carbocycles. The van der Waals surface area contributed by atoms with Crippen LogP contribution in [0.4, 0.5) is 4.39 Å². The van der Waals surface area contributed by atoms with Gasteiger partial charge in [0.15, 0.2) is 5.78 Å². The first kappa shape index (κ1) is 27.2. The van der Waals surface area contributed by atoms with Gasteiger partial charge in [0.1, 0.15) is 22.9 Å². The second kappa shape index (κ2) is 11.2. The largest absolute Gasteiger partial charge is 0.351 e. The third-order valence-electron chi connectivity index (χ3n) is 7.83. The molecule has 0 aliphatic carbocycles. The van der Waals surface area contributed by atoms with Crippen molar-refractivity contribution >= 4 is 39.0 Å². The van der Waals surface area contributed by atoms with Gasteiger partial charge in [-0.05, 0) is 72.6 Å². The van der Waals surface area contributed by atoms with Gasteiger partial charge in [-0.25, -0.2) is 8.91 Å². The molecule has 8 nitrogen and oxygen atoms in total. The SMILES string of the molecule is CC(=O)c1nccc2c3ccccc3n(CCCNC(=O)c3cccc4c(-c5ccncc5)c(-c5ccc(F)cc5)nn34)c12. The summed E-state index contributed by atoms with van der Waals surface area (Å²) in [5, 5.41) is 9.93. The lowest BCUT2D eigenvalue weighted by atomic mass is 10.0. The van der Waals surface area contributed by atoms with E-state index < -0.39 is 0 Å². The van der Waals surface area contributed by atoms with Crippen LogP contribution in [0, 0.1) is 5.82 Å². The van der Waals surface area contributed by atoms with E-state index in [4.69, 9.17) is 5.10 Å². The molecule has 7 aromatic rings. The number of nitrogens with zero attached hydrogens (tertiary/aromatic N) is 5. The molecule has 0 spiro atoms. The molecule has 0 unspecified atom stereocenters. The van der Waals surface area contributed by atoms with Crippen LogP contribution in [-0.4, -0.2) is 42.4 Å². The molecule has 7 rings (SSSR count). The number of carbonyl (C=O) groups is 2. The van der Waals surface area contributed by atoms with Crippen LogP contribution in [0.1, 0.15) is 34.3 Å². The Morgan fingerprint density at radius 2 is 1.59 bits per heavy atom. The summed E-state index contributed by atoms with van der Waals surface area (Å²) in [4.78, 5) is 34.5. The standard InChI is InChI=1S/C35H27FN6O2/c1-22(43)32-34-27(16-20-38-32)26-6-2-3-7-28(26)41(34)21-5-17-39-35(44)30-9-4-8-29-31(23-14-18-37-19-15-23)33(40-42(29)30)24-10-12-25(36)13-11-24/h2-4,6-16,18-20H,5,17,21H2,1H3,(H,39,44). The summed E-state index contributed by atoms with van der Waals surface area (Å²) in [5.41, 5.74) is 6.48. The van der Waals surface area contributed by atoms with Crippen LogP contribution in [0.25, 0.3) is 49.7 Å². The van der Waals surface area contributed by atoms with Gasteiger partial charge < -0.3 is 9.88 Å². The Kier molecular flexibility index (Phi) is 6.90. The average Bonchev–Trinajstić information content (AvgIpc) is 3.60. The Morgan fingerprint density at radius 1 is 0.818 bits per heavy atom. The minimum Gasteiger partial charge on any atom is -0.351 e. The van der Waals surface area contributed by atoms with Gasteiger partial charge in [0.05, 0.1) is 11.0 Å². The smallest absolute Gasteiger partial charge is 0.269 e. The number of fused-ring (bicyclic) bond motifs is 4. The number of ketones is 1. The van der Waals surface area contributed by atoms with Crippen LogP contribution in [0.15, 0.2) is 104 Å². The Labute approximate surface area is 251 Å². The lowest BCUT2D eigenvalue weighted by Gasteiger charge is -2.11. The zero-order valence-corrected chi connectivity index (χ0v) is 23.9. The molecule has 1 N–H and O–H groups in total. The Bertz CT molecular complexity index is 2190. The van der Waals surface area contributed by atoms with E-state index in [1.54, 1.807) is 41.3 Å². The lowest BCUT2D eigenvalue weighted by molar-refractivity contribution is 0.0944. The minimum absolute atomic E-state index is 0.0913. The third kappa shape index (κ3) is 4.68. The van der Waals surface area contributed by atoms with Gasteiger partial charge in [0.25, 0.3) is 5.91 Å². The van der Waals surface area contributed by atoms with Gasteiger partial charge in [-0.3, -0.25) is 19.6 Å². The number of benzene rings is 2. The molecule has 44 heavy (non-hydrogen) atoms. The molecule has 0 saturated carbocycles. The molecule has 0 fully saturated rings. The van der Waals surface area contributed by atoms with Gasteiger partial charge in [-0.15, -0.1) is 0 Å². The van der Waals surface area contributed by atoms with E-state index in [2.05, 4.69) is 19.9 Å². The van der Waals surface area contributed by atoms with Crippen molar-refractivity contribution in [2.24, 2.45) is 0 Å². The summed E-state index contributed by atoms with van der Waals surface area (Å²) in [6.45, 7) is 2.52. The number of aryl methyl sites for hydroxylation is 1. The molecule has 0 aliphatic rings. The van der Waals surface area contributed by atoms with E-state index in [0.29, 0.717) is 36.6 Å². The van der Waals surface area contributed by atoms with Crippen LogP contribution < -0.4 is 5.32 Å². The van der Waals surface area contributed by atoms with Crippen molar-refractivity contribution in [2.45, 2.75) is 19.9 Å². The summed E-state index contributed by atoms with van der Waals surface area (Å²) in [5.74, 6) is -0.692. The second-order valence-corrected chi connectivity index (χ2v) is 10.6. The molecular weight excluding hydrogens is 555 g/mol. The predicted octanol–water partition coefficient (Wildman–Crippen LogP) is 6.73. The predicted molar refractivity (Wildman–Crippen MR) is 168 cm³/mol. The quantitative estimate of drug-likeness (QED) is 0.158. The zero-order chi connectivity index (χ0) is 30.2. The van der Waals surface area contributed by atoms with Crippen molar-refractivity contribution in [1.29, 1.82) is 0 Å². The number of rotatable bonds is 8. The normalized spacial score (nSPS) is 11.4. The van der Waals surface area contributed by atoms with Gasteiger partial charge >= 0.3 is 0 Å². The van der Waals surface area contributed by atoms with E-state index in [-0.39, 0.29) is 17.5 Å². The Balaban J connectivity index is 1.18. The maximum atomic E-state index is 13.7. The number of aromatic nitrogens is 5. The highest BCUT2D eigenvalue weighted by Crippen LogP contribution is 2.35. The van der Waals surface area contributed by atoms with Crippen molar-refractivity contribution in [2.75, 3.05) is 6.54 Å². The second-order valence-electron chi connectivity index (χ2n) is 10.6. The van der Waals surface area contributed by atoms with Crippen LogP contribution in [0.2, 0.25) is 0 Å². The number of amides is 1.